The lowest BCUT2D eigenvalue weighted by Gasteiger charge is -2.09. The molecule has 2 aromatic rings. The Bertz CT molecular complexity index is 751. The van der Waals surface area contributed by atoms with Crippen molar-refractivity contribution in [3.8, 4) is 0 Å². The molecule has 110 valence electrons. The average molecular weight is 308 g/mol. The monoisotopic (exact) mass is 308 g/mol. The number of halogens is 1. The minimum atomic E-state index is -3.65. The van der Waals surface area contributed by atoms with Gasteiger partial charge in [-0.2, -0.15) is 0 Å². The van der Waals surface area contributed by atoms with E-state index in [9.17, 15) is 17.6 Å². The molecule has 0 amide bonds. The molecule has 0 aliphatic carbocycles. The Balaban J connectivity index is 2.33. The highest BCUT2D eigenvalue weighted by atomic mass is 32.2. The van der Waals surface area contributed by atoms with Crippen LogP contribution in [-0.4, -0.2) is 19.5 Å². The SMILES string of the molecule is O=C(O)Cc1ccccc1CS(=O)(=O)c1ccc(F)cc1. The molecule has 0 bridgehead atoms. The average Bonchev–Trinajstić information content (AvgIpc) is 2.40. The molecular weight excluding hydrogens is 295 g/mol. The quantitative estimate of drug-likeness (QED) is 0.861. The van der Waals surface area contributed by atoms with Crippen molar-refractivity contribution in [2.75, 3.05) is 0 Å². The van der Waals surface area contributed by atoms with Gasteiger partial charge in [0.05, 0.1) is 17.1 Å². The van der Waals surface area contributed by atoms with E-state index < -0.39 is 21.6 Å². The van der Waals surface area contributed by atoms with E-state index in [4.69, 9.17) is 5.11 Å². The van der Waals surface area contributed by atoms with E-state index in [0.717, 1.165) is 12.1 Å². The number of hydrogen-bond acceptors (Lipinski definition) is 3. The van der Waals surface area contributed by atoms with Crippen LogP contribution < -0.4 is 0 Å². The summed E-state index contributed by atoms with van der Waals surface area (Å²) >= 11 is 0. The van der Waals surface area contributed by atoms with E-state index in [1.54, 1.807) is 24.3 Å². The van der Waals surface area contributed by atoms with Gasteiger partial charge in [0, 0.05) is 0 Å². The highest BCUT2D eigenvalue weighted by Crippen LogP contribution is 2.19. The van der Waals surface area contributed by atoms with Crippen LogP contribution in [0.5, 0.6) is 0 Å². The first kappa shape index (κ1) is 15.2. The van der Waals surface area contributed by atoms with Gasteiger partial charge in [0.25, 0.3) is 0 Å². The molecule has 6 heteroatoms. The van der Waals surface area contributed by atoms with Crippen LogP contribution in [0.4, 0.5) is 4.39 Å². The fourth-order valence-electron chi connectivity index (χ4n) is 1.96. The highest BCUT2D eigenvalue weighted by Gasteiger charge is 2.18. The second kappa shape index (κ2) is 6.05. The molecule has 21 heavy (non-hydrogen) atoms. The maximum Gasteiger partial charge on any atom is 0.307 e. The zero-order valence-electron chi connectivity index (χ0n) is 11.0. The number of rotatable bonds is 5. The van der Waals surface area contributed by atoms with Crippen LogP contribution in [0.15, 0.2) is 53.4 Å². The number of benzene rings is 2. The Morgan fingerprint density at radius 2 is 1.57 bits per heavy atom. The Hall–Kier alpha value is -2.21. The largest absolute Gasteiger partial charge is 0.481 e. The lowest BCUT2D eigenvalue weighted by molar-refractivity contribution is -0.136. The Morgan fingerprint density at radius 1 is 1.00 bits per heavy atom. The predicted octanol–water partition coefficient (Wildman–Crippen LogP) is 2.43. The summed E-state index contributed by atoms with van der Waals surface area (Å²) in [7, 11) is -3.65. The van der Waals surface area contributed by atoms with Crippen LogP contribution in [0.3, 0.4) is 0 Å². The minimum Gasteiger partial charge on any atom is -0.481 e. The van der Waals surface area contributed by atoms with Gasteiger partial charge in [0.15, 0.2) is 9.84 Å². The van der Waals surface area contributed by atoms with Crippen LogP contribution >= 0.6 is 0 Å². The van der Waals surface area contributed by atoms with E-state index in [2.05, 4.69) is 0 Å². The van der Waals surface area contributed by atoms with Gasteiger partial charge in [0.2, 0.25) is 0 Å². The highest BCUT2D eigenvalue weighted by molar-refractivity contribution is 7.90. The van der Waals surface area contributed by atoms with Crippen molar-refractivity contribution in [3.63, 3.8) is 0 Å². The number of carbonyl (C=O) groups is 1. The first-order valence-electron chi connectivity index (χ1n) is 6.15. The third-order valence-electron chi connectivity index (χ3n) is 2.98. The van der Waals surface area contributed by atoms with Crippen LogP contribution in [0, 0.1) is 5.82 Å². The summed E-state index contributed by atoms with van der Waals surface area (Å²) in [6, 6.07) is 11.0. The van der Waals surface area contributed by atoms with Gasteiger partial charge in [-0.05, 0) is 35.4 Å². The summed E-state index contributed by atoms with van der Waals surface area (Å²) in [4.78, 5) is 10.8. The predicted molar refractivity (Wildman–Crippen MR) is 75.1 cm³/mol. The molecule has 0 spiro atoms. The van der Waals surface area contributed by atoms with E-state index >= 15 is 0 Å². The molecule has 0 unspecified atom stereocenters. The van der Waals surface area contributed by atoms with E-state index in [1.165, 1.54) is 12.1 Å². The number of carboxylic acids is 1. The second-order valence-corrected chi connectivity index (χ2v) is 6.54. The van der Waals surface area contributed by atoms with Crippen LogP contribution in [0.2, 0.25) is 0 Å². The minimum absolute atomic E-state index is 0.00836. The Labute approximate surface area is 121 Å². The van der Waals surface area contributed by atoms with Gasteiger partial charge in [-0.1, -0.05) is 24.3 Å². The molecule has 0 heterocycles. The molecule has 0 aromatic heterocycles. The smallest absolute Gasteiger partial charge is 0.307 e. The van der Waals surface area contributed by atoms with Gasteiger partial charge in [0.1, 0.15) is 5.82 Å². The first-order chi connectivity index (χ1) is 9.88. The maximum atomic E-state index is 12.8. The Morgan fingerprint density at radius 3 is 2.14 bits per heavy atom. The molecule has 0 radical (unpaired) electrons. The third kappa shape index (κ3) is 3.88. The van der Waals surface area contributed by atoms with Crippen molar-refractivity contribution in [1.29, 1.82) is 0 Å². The molecule has 0 fully saturated rings. The van der Waals surface area contributed by atoms with Crippen molar-refractivity contribution in [3.05, 3.63) is 65.5 Å². The number of carboxylic acid groups (broad SMARTS) is 1. The van der Waals surface area contributed by atoms with E-state index in [-0.39, 0.29) is 17.1 Å². The molecule has 2 aromatic carbocycles. The molecule has 1 N–H and O–H groups in total. The van der Waals surface area contributed by atoms with E-state index in [1.807, 2.05) is 0 Å². The van der Waals surface area contributed by atoms with E-state index in [0.29, 0.717) is 11.1 Å². The Kier molecular flexibility index (Phi) is 4.37. The van der Waals surface area contributed by atoms with Crippen molar-refractivity contribution in [1.82, 2.24) is 0 Å². The van der Waals surface area contributed by atoms with Gasteiger partial charge in [-0.25, -0.2) is 12.8 Å². The normalized spacial score (nSPS) is 11.3. The zero-order valence-corrected chi connectivity index (χ0v) is 11.8. The topological polar surface area (TPSA) is 71.4 Å². The van der Waals surface area contributed by atoms with Gasteiger partial charge in [-0.15, -0.1) is 0 Å². The standard InChI is InChI=1S/C15H13FO4S/c16-13-5-7-14(8-6-13)21(19,20)10-12-4-2-1-3-11(12)9-15(17)18/h1-8H,9-10H2,(H,17,18). The van der Waals surface area contributed by atoms with Crippen molar-refractivity contribution < 1.29 is 22.7 Å². The number of sulfone groups is 1. The summed E-state index contributed by atoms with van der Waals surface area (Å²) < 4.78 is 37.4. The molecular formula is C15H13FO4S. The lowest BCUT2D eigenvalue weighted by atomic mass is 10.1. The summed E-state index contributed by atoms with van der Waals surface area (Å²) in [6.07, 6.45) is -0.241. The number of aliphatic carboxylic acids is 1. The van der Waals surface area contributed by atoms with Crippen LogP contribution in [0.25, 0.3) is 0 Å². The summed E-state index contributed by atoms with van der Waals surface area (Å²) in [5.41, 5.74) is 0.889. The van der Waals surface area contributed by atoms with Gasteiger partial charge >= 0.3 is 5.97 Å². The van der Waals surface area contributed by atoms with Crippen molar-refractivity contribution >= 4 is 15.8 Å². The summed E-state index contributed by atoms with van der Waals surface area (Å²) in [6.45, 7) is 0. The molecule has 0 saturated carbocycles. The second-order valence-electron chi connectivity index (χ2n) is 4.55. The molecule has 0 saturated heterocycles. The molecule has 0 aliphatic heterocycles. The first-order valence-corrected chi connectivity index (χ1v) is 7.80. The third-order valence-corrected chi connectivity index (χ3v) is 4.66. The summed E-state index contributed by atoms with van der Waals surface area (Å²) in [5.74, 6) is -1.86. The molecule has 0 atom stereocenters. The lowest BCUT2D eigenvalue weighted by Crippen LogP contribution is -2.09. The van der Waals surface area contributed by atoms with Crippen LogP contribution in [-0.2, 0) is 26.8 Å². The van der Waals surface area contributed by atoms with Gasteiger partial charge < -0.3 is 5.11 Å². The summed E-state index contributed by atoms with van der Waals surface area (Å²) in [5, 5.41) is 8.85. The fourth-order valence-corrected chi connectivity index (χ4v) is 3.37. The van der Waals surface area contributed by atoms with Crippen molar-refractivity contribution in [2.45, 2.75) is 17.1 Å². The van der Waals surface area contributed by atoms with Crippen LogP contribution in [0.1, 0.15) is 11.1 Å². The zero-order chi connectivity index (χ0) is 15.5. The van der Waals surface area contributed by atoms with Gasteiger partial charge in [-0.3, -0.25) is 4.79 Å². The molecule has 0 aliphatic rings. The maximum absolute atomic E-state index is 12.8. The number of hydrogen-bond donors (Lipinski definition) is 1. The fraction of sp³-hybridized carbons (Fsp3) is 0.133. The molecule has 2 rings (SSSR count). The van der Waals surface area contributed by atoms with Crippen molar-refractivity contribution in [2.24, 2.45) is 0 Å². The molecule has 4 nitrogen and oxygen atoms in total.